The molecule has 2 N–H and O–H groups in total. The second-order valence-electron chi connectivity index (χ2n) is 6.81. The summed E-state index contributed by atoms with van der Waals surface area (Å²) in [4.78, 5) is 16.9. The second kappa shape index (κ2) is 10.6. The topological polar surface area (TPSA) is 47.6 Å². The maximum atomic E-state index is 11.9. The minimum Gasteiger partial charge on any atom is -0.369 e. The van der Waals surface area contributed by atoms with Gasteiger partial charge in [-0.05, 0) is 50.9 Å². The second-order valence-corrected chi connectivity index (χ2v) is 6.81. The Bertz CT molecular complexity index is 499. The molecule has 5 nitrogen and oxygen atoms in total. The van der Waals surface area contributed by atoms with Crippen molar-refractivity contribution in [3.05, 3.63) is 30.3 Å². The van der Waals surface area contributed by atoms with Crippen LogP contribution in [0.25, 0.3) is 0 Å². The normalized spacial score (nSPS) is 21.0. The number of carbonyl (C=O) groups is 1. The lowest BCUT2D eigenvalue weighted by atomic mass is 10.2. The van der Waals surface area contributed by atoms with Gasteiger partial charge in [-0.15, -0.1) is 12.4 Å². The van der Waals surface area contributed by atoms with E-state index in [-0.39, 0.29) is 24.4 Å². The summed E-state index contributed by atoms with van der Waals surface area (Å²) in [6, 6.07) is 10.7. The number of hydrogen-bond acceptors (Lipinski definition) is 4. The van der Waals surface area contributed by atoms with Crippen LogP contribution in [-0.2, 0) is 4.79 Å². The molecule has 2 fully saturated rings. The molecule has 1 aromatic rings. The molecule has 0 saturated carbocycles. The van der Waals surface area contributed by atoms with Crippen LogP contribution >= 0.6 is 12.4 Å². The van der Waals surface area contributed by atoms with Crippen molar-refractivity contribution in [3.63, 3.8) is 0 Å². The monoisotopic (exact) mass is 366 g/mol. The Morgan fingerprint density at radius 3 is 2.56 bits per heavy atom. The van der Waals surface area contributed by atoms with E-state index < -0.39 is 0 Å². The van der Waals surface area contributed by atoms with Crippen LogP contribution in [0.2, 0.25) is 0 Å². The van der Waals surface area contributed by atoms with Gasteiger partial charge in [0, 0.05) is 38.4 Å². The number of piperazine rings is 1. The zero-order chi connectivity index (χ0) is 16.6. The molecule has 1 amide bonds. The van der Waals surface area contributed by atoms with E-state index in [1.165, 1.54) is 5.69 Å². The smallest absolute Gasteiger partial charge is 0.237 e. The largest absolute Gasteiger partial charge is 0.369 e. The molecule has 3 rings (SSSR count). The summed E-state index contributed by atoms with van der Waals surface area (Å²) >= 11 is 0. The average molecular weight is 367 g/mol. The lowest BCUT2D eigenvalue weighted by molar-refractivity contribution is -0.122. The van der Waals surface area contributed by atoms with Crippen molar-refractivity contribution in [2.24, 2.45) is 0 Å². The van der Waals surface area contributed by atoms with Crippen molar-refractivity contribution in [2.75, 3.05) is 50.7 Å². The summed E-state index contributed by atoms with van der Waals surface area (Å²) in [5.74, 6) is 0.184. The third kappa shape index (κ3) is 6.17. The van der Waals surface area contributed by atoms with Gasteiger partial charge in [0.25, 0.3) is 0 Å². The number of hydrogen-bond donors (Lipinski definition) is 2. The maximum Gasteiger partial charge on any atom is 0.237 e. The van der Waals surface area contributed by atoms with Gasteiger partial charge in [-0.2, -0.15) is 0 Å². The summed E-state index contributed by atoms with van der Waals surface area (Å²) in [6.45, 7) is 7.40. The number of unbranched alkanes of at least 4 members (excludes halogenated alkanes) is 1. The van der Waals surface area contributed by atoms with E-state index in [4.69, 9.17) is 0 Å². The Balaban J connectivity index is 0.00000225. The van der Waals surface area contributed by atoms with Crippen LogP contribution in [0.3, 0.4) is 0 Å². The fourth-order valence-corrected chi connectivity index (χ4v) is 3.57. The van der Waals surface area contributed by atoms with Crippen molar-refractivity contribution < 1.29 is 4.79 Å². The minimum atomic E-state index is 0. The summed E-state index contributed by atoms with van der Waals surface area (Å²) in [5, 5.41) is 6.30. The van der Waals surface area contributed by atoms with Crippen LogP contribution in [0.15, 0.2) is 30.3 Å². The van der Waals surface area contributed by atoms with Gasteiger partial charge in [-0.1, -0.05) is 18.2 Å². The van der Waals surface area contributed by atoms with E-state index >= 15 is 0 Å². The van der Waals surface area contributed by atoms with Crippen LogP contribution in [0.1, 0.15) is 25.7 Å². The molecule has 2 heterocycles. The van der Waals surface area contributed by atoms with Crippen molar-refractivity contribution in [2.45, 2.75) is 31.7 Å². The highest BCUT2D eigenvalue weighted by atomic mass is 35.5. The fraction of sp³-hybridized carbons (Fsp3) is 0.632. The van der Waals surface area contributed by atoms with Gasteiger partial charge in [0.05, 0.1) is 6.04 Å². The summed E-state index contributed by atoms with van der Waals surface area (Å²) in [6.07, 6.45) is 4.33. The lowest BCUT2D eigenvalue weighted by Gasteiger charge is -2.36. The predicted molar refractivity (Wildman–Crippen MR) is 106 cm³/mol. The summed E-state index contributed by atoms with van der Waals surface area (Å²) in [5.41, 5.74) is 1.33. The van der Waals surface area contributed by atoms with Crippen LogP contribution in [0.4, 0.5) is 5.69 Å². The van der Waals surface area contributed by atoms with E-state index in [0.29, 0.717) is 0 Å². The number of amides is 1. The quantitative estimate of drug-likeness (QED) is 0.723. The number of benzene rings is 1. The average Bonchev–Trinajstić information content (AvgIpc) is 3.17. The van der Waals surface area contributed by atoms with Crippen LogP contribution in [0, 0.1) is 0 Å². The van der Waals surface area contributed by atoms with E-state index in [9.17, 15) is 4.79 Å². The first kappa shape index (κ1) is 20.0. The highest BCUT2D eigenvalue weighted by molar-refractivity contribution is 5.85. The van der Waals surface area contributed by atoms with Gasteiger partial charge >= 0.3 is 0 Å². The molecule has 2 aliphatic rings. The number of para-hydroxylation sites is 1. The third-order valence-electron chi connectivity index (χ3n) is 5.07. The zero-order valence-electron chi connectivity index (χ0n) is 15.0. The molecule has 1 aromatic carbocycles. The molecule has 0 bridgehead atoms. The van der Waals surface area contributed by atoms with Crippen LogP contribution in [0.5, 0.6) is 0 Å². The predicted octanol–water partition coefficient (Wildman–Crippen LogP) is 1.88. The Labute approximate surface area is 157 Å². The van der Waals surface area contributed by atoms with E-state index in [1.807, 2.05) is 0 Å². The SMILES string of the molecule is Cl.O=C(NCCCCN1CCN(c2ccccc2)CC1)[C@@H]1CCCN1. The van der Waals surface area contributed by atoms with Crippen molar-refractivity contribution in [1.29, 1.82) is 0 Å². The minimum absolute atomic E-state index is 0. The number of anilines is 1. The van der Waals surface area contributed by atoms with E-state index in [2.05, 4.69) is 50.8 Å². The van der Waals surface area contributed by atoms with Crippen LogP contribution < -0.4 is 15.5 Å². The number of nitrogens with one attached hydrogen (secondary N) is 2. The Hall–Kier alpha value is -1.30. The van der Waals surface area contributed by atoms with Gasteiger partial charge in [-0.25, -0.2) is 0 Å². The molecule has 2 aliphatic heterocycles. The van der Waals surface area contributed by atoms with Gasteiger partial charge in [-0.3, -0.25) is 9.69 Å². The van der Waals surface area contributed by atoms with Crippen molar-refractivity contribution in [3.8, 4) is 0 Å². The highest BCUT2D eigenvalue weighted by Crippen LogP contribution is 2.15. The number of rotatable bonds is 7. The first-order valence-electron chi connectivity index (χ1n) is 9.36. The molecule has 6 heteroatoms. The third-order valence-corrected chi connectivity index (χ3v) is 5.07. The van der Waals surface area contributed by atoms with Crippen LogP contribution in [-0.4, -0.2) is 62.7 Å². The lowest BCUT2D eigenvalue weighted by Crippen LogP contribution is -2.46. The molecule has 0 unspecified atom stereocenters. The fourth-order valence-electron chi connectivity index (χ4n) is 3.57. The summed E-state index contributed by atoms with van der Waals surface area (Å²) in [7, 11) is 0. The number of carbonyl (C=O) groups excluding carboxylic acids is 1. The first-order chi connectivity index (χ1) is 11.8. The van der Waals surface area contributed by atoms with Crippen molar-refractivity contribution >= 4 is 24.0 Å². The first-order valence-corrected chi connectivity index (χ1v) is 9.36. The van der Waals surface area contributed by atoms with Crippen molar-refractivity contribution in [1.82, 2.24) is 15.5 Å². The Morgan fingerprint density at radius 1 is 1.12 bits per heavy atom. The van der Waals surface area contributed by atoms with Gasteiger partial charge in [0.2, 0.25) is 5.91 Å². The van der Waals surface area contributed by atoms with E-state index in [0.717, 1.165) is 71.5 Å². The standard InChI is InChI=1S/C19H30N4O.ClH/c24-19(18-9-6-11-20-18)21-10-4-5-12-22-13-15-23(16-14-22)17-7-2-1-3-8-17;/h1-3,7-8,18,20H,4-6,9-16H2,(H,21,24);1H/t18-;/m0./s1. The molecule has 0 radical (unpaired) electrons. The molecule has 0 aromatic heterocycles. The molecular formula is C19H31ClN4O. The van der Waals surface area contributed by atoms with Gasteiger partial charge in [0.15, 0.2) is 0 Å². The molecule has 25 heavy (non-hydrogen) atoms. The van der Waals surface area contributed by atoms with Gasteiger partial charge < -0.3 is 15.5 Å². The molecule has 2 saturated heterocycles. The maximum absolute atomic E-state index is 11.9. The molecule has 1 atom stereocenters. The van der Waals surface area contributed by atoms with Gasteiger partial charge in [0.1, 0.15) is 0 Å². The number of halogens is 1. The van der Waals surface area contributed by atoms with E-state index in [1.54, 1.807) is 0 Å². The summed E-state index contributed by atoms with van der Waals surface area (Å²) < 4.78 is 0. The molecule has 0 spiro atoms. The molecule has 0 aliphatic carbocycles. The molecule has 140 valence electrons. The Morgan fingerprint density at radius 2 is 1.88 bits per heavy atom. The Kier molecular flexibility index (Phi) is 8.52. The molecular weight excluding hydrogens is 336 g/mol. The highest BCUT2D eigenvalue weighted by Gasteiger charge is 2.21. The zero-order valence-corrected chi connectivity index (χ0v) is 15.8. The number of nitrogens with zero attached hydrogens (tertiary/aromatic N) is 2.